The maximum atomic E-state index is 12.5. The van der Waals surface area contributed by atoms with Crippen molar-refractivity contribution in [3.05, 3.63) is 41.5 Å². The molecule has 0 bridgehead atoms. The largest absolute Gasteiger partial charge is 0.449 e. The van der Waals surface area contributed by atoms with Crippen LogP contribution in [0.3, 0.4) is 0 Å². The first-order chi connectivity index (χ1) is 8.36. The van der Waals surface area contributed by atoms with Gasteiger partial charge in [-0.25, -0.2) is 4.84 Å². The number of hydrogen-bond donors (Lipinski definition) is 3. The summed E-state index contributed by atoms with van der Waals surface area (Å²) in [7, 11) is 0. The molecule has 1 atom stereocenters. The van der Waals surface area contributed by atoms with Crippen molar-refractivity contribution >= 4 is 5.70 Å². The van der Waals surface area contributed by atoms with Crippen LogP contribution in [0.5, 0.6) is 0 Å². The molecule has 1 unspecified atom stereocenters. The fourth-order valence-electron chi connectivity index (χ4n) is 1.54. The fraction of sp³-hybridized carbons (Fsp3) is 0.273. The van der Waals surface area contributed by atoms with E-state index in [9.17, 15) is 18.3 Å². The molecule has 98 valence electrons. The van der Waals surface area contributed by atoms with E-state index in [1.165, 1.54) is 0 Å². The number of hydroxylamine groups is 1. The topological polar surface area (TPSA) is 67.5 Å². The van der Waals surface area contributed by atoms with Gasteiger partial charge in [0.05, 0.1) is 5.70 Å². The average Bonchev–Trinajstić information content (AvgIpc) is 2.73. The summed E-state index contributed by atoms with van der Waals surface area (Å²) in [5, 5.41) is 9.28. The molecule has 1 aliphatic rings. The lowest BCUT2D eigenvalue weighted by molar-refractivity contribution is -0.345. The Bertz CT molecular complexity index is 487. The van der Waals surface area contributed by atoms with Gasteiger partial charge in [-0.05, 0) is 11.6 Å². The second-order valence-electron chi connectivity index (χ2n) is 3.86. The van der Waals surface area contributed by atoms with E-state index < -0.39 is 12.0 Å². The molecule has 18 heavy (non-hydrogen) atoms. The third kappa shape index (κ3) is 2.20. The predicted octanol–water partition coefficient (Wildman–Crippen LogP) is 1.27. The lowest BCUT2D eigenvalue weighted by Gasteiger charge is -2.21. The standard InChI is InChI=1S/C11H11F3N2O2/c12-11(13,14)10(17)5-9(16-18-10)8-3-1-2-7(4-8)6-15/h1-5,16-17H,6,15H2. The van der Waals surface area contributed by atoms with Crippen LogP contribution in [0.2, 0.25) is 0 Å². The molecular weight excluding hydrogens is 249 g/mol. The minimum atomic E-state index is -4.91. The van der Waals surface area contributed by atoms with E-state index in [0.717, 1.165) is 5.56 Å². The van der Waals surface area contributed by atoms with Gasteiger partial charge in [0, 0.05) is 18.2 Å². The molecule has 2 rings (SSSR count). The summed E-state index contributed by atoms with van der Waals surface area (Å²) in [6.07, 6.45) is -4.32. The summed E-state index contributed by atoms with van der Waals surface area (Å²) in [5.41, 5.74) is 8.78. The summed E-state index contributed by atoms with van der Waals surface area (Å²) in [5.74, 6) is -3.30. The molecule has 0 spiro atoms. The normalized spacial score (nSPS) is 23.7. The van der Waals surface area contributed by atoms with Gasteiger partial charge < -0.3 is 10.8 Å². The zero-order valence-electron chi connectivity index (χ0n) is 9.16. The fourth-order valence-corrected chi connectivity index (χ4v) is 1.54. The Labute approximate surface area is 101 Å². The van der Waals surface area contributed by atoms with E-state index in [4.69, 9.17) is 5.73 Å². The van der Waals surface area contributed by atoms with Crippen molar-refractivity contribution < 1.29 is 23.1 Å². The first kappa shape index (κ1) is 12.9. The Morgan fingerprint density at radius 2 is 2.11 bits per heavy atom. The Morgan fingerprint density at radius 1 is 1.39 bits per heavy atom. The predicted molar refractivity (Wildman–Crippen MR) is 57.5 cm³/mol. The SMILES string of the molecule is NCc1cccc(C2=CC(O)(C(F)(F)F)ON2)c1. The van der Waals surface area contributed by atoms with Crippen LogP contribution >= 0.6 is 0 Å². The van der Waals surface area contributed by atoms with E-state index in [1.807, 2.05) is 0 Å². The van der Waals surface area contributed by atoms with Gasteiger partial charge >= 0.3 is 12.0 Å². The molecule has 1 aromatic carbocycles. The lowest BCUT2D eigenvalue weighted by atomic mass is 10.1. The summed E-state index contributed by atoms with van der Waals surface area (Å²) < 4.78 is 37.5. The summed E-state index contributed by atoms with van der Waals surface area (Å²) in [6.45, 7) is 0.269. The highest BCUT2D eigenvalue weighted by atomic mass is 19.4. The van der Waals surface area contributed by atoms with Crippen LogP contribution in [0.15, 0.2) is 30.3 Å². The molecule has 4 N–H and O–H groups in total. The van der Waals surface area contributed by atoms with Crippen molar-refractivity contribution in [1.29, 1.82) is 0 Å². The molecular formula is C11H11F3N2O2. The van der Waals surface area contributed by atoms with Crippen LogP contribution in [0, 0.1) is 0 Å². The number of halogens is 3. The van der Waals surface area contributed by atoms with Gasteiger partial charge in [0.2, 0.25) is 0 Å². The Balaban J connectivity index is 2.33. The molecule has 1 heterocycles. The van der Waals surface area contributed by atoms with Gasteiger partial charge in [0.25, 0.3) is 0 Å². The molecule has 1 aliphatic heterocycles. The van der Waals surface area contributed by atoms with Crippen LogP contribution in [0.4, 0.5) is 13.2 Å². The highest BCUT2D eigenvalue weighted by Crippen LogP contribution is 2.37. The second-order valence-corrected chi connectivity index (χ2v) is 3.86. The molecule has 0 saturated heterocycles. The molecule has 4 nitrogen and oxygen atoms in total. The monoisotopic (exact) mass is 260 g/mol. The summed E-state index contributed by atoms with van der Waals surface area (Å²) >= 11 is 0. The quantitative estimate of drug-likeness (QED) is 0.749. The lowest BCUT2D eigenvalue weighted by Crippen LogP contribution is -2.45. The van der Waals surface area contributed by atoms with E-state index in [1.54, 1.807) is 24.3 Å². The van der Waals surface area contributed by atoms with Gasteiger partial charge in [-0.3, -0.25) is 5.48 Å². The number of benzene rings is 1. The number of rotatable bonds is 2. The number of hydrogen-bond acceptors (Lipinski definition) is 4. The molecule has 0 amide bonds. The zero-order valence-corrected chi connectivity index (χ0v) is 9.16. The van der Waals surface area contributed by atoms with Gasteiger partial charge in [0.1, 0.15) is 0 Å². The van der Waals surface area contributed by atoms with Gasteiger partial charge in [-0.15, -0.1) is 0 Å². The van der Waals surface area contributed by atoms with Crippen LogP contribution in [0.1, 0.15) is 11.1 Å². The van der Waals surface area contributed by atoms with Crippen molar-refractivity contribution in [2.75, 3.05) is 0 Å². The first-order valence-electron chi connectivity index (χ1n) is 5.11. The summed E-state index contributed by atoms with van der Waals surface area (Å²) in [4.78, 5) is 4.20. The third-order valence-corrected chi connectivity index (χ3v) is 2.54. The van der Waals surface area contributed by atoms with E-state index in [0.29, 0.717) is 11.6 Å². The number of nitrogens with one attached hydrogen (secondary N) is 1. The number of aliphatic hydroxyl groups is 1. The van der Waals surface area contributed by atoms with Crippen LogP contribution in [0.25, 0.3) is 5.70 Å². The van der Waals surface area contributed by atoms with Crippen molar-refractivity contribution in [1.82, 2.24) is 5.48 Å². The maximum Gasteiger partial charge on any atom is 0.449 e. The highest BCUT2D eigenvalue weighted by molar-refractivity contribution is 5.66. The highest BCUT2D eigenvalue weighted by Gasteiger charge is 2.57. The number of nitrogens with two attached hydrogens (primary N) is 1. The van der Waals surface area contributed by atoms with Crippen LogP contribution in [-0.4, -0.2) is 17.1 Å². The van der Waals surface area contributed by atoms with Gasteiger partial charge in [-0.1, -0.05) is 18.2 Å². The molecule has 1 aromatic rings. The minimum absolute atomic E-state index is 0.0464. The zero-order chi connectivity index (χ0) is 13.4. The molecule has 7 heteroatoms. The smallest absolute Gasteiger partial charge is 0.354 e. The minimum Gasteiger partial charge on any atom is -0.354 e. The van der Waals surface area contributed by atoms with Crippen molar-refractivity contribution in [2.45, 2.75) is 18.5 Å². The first-order valence-corrected chi connectivity index (χ1v) is 5.11. The average molecular weight is 260 g/mol. The second kappa shape index (κ2) is 4.27. The Hall–Kier alpha value is -1.57. The van der Waals surface area contributed by atoms with Gasteiger partial charge in [0.15, 0.2) is 0 Å². The maximum absolute atomic E-state index is 12.5. The van der Waals surface area contributed by atoms with E-state index >= 15 is 0 Å². The Kier molecular flexibility index (Phi) is 3.05. The van der Waals surface area contributed by atoms with Crippen molar-refractivity contribution in [3.8, 4) is 0 Å². The summed E-state index contributed by atoms with van der Waals surface area (Å²) in [6, 6.07) is 6.61. The Morgan fingerprint density at radius 3 is 2.67 bits per heavy atom. The van der Waals surface area contributed by atoms with Crippen LogP contribution in [-0.2, 0) is 11.4 Å². The van der Waals surface area contributed by atoms with Crippen molar-refractivity contribution in [2.24, 2.45) is 5.73 Å². The molecule has 0 aromatic heterocycles. The number of alkyl halides is 3. The van der Waals surface area contributed by atoms with Gasteiger partial charge in [-0.2, -0.15) is 13.2 Å². The molecule has 0 aliphatic carbocycles. The molecule has 0 fully saturated rings. The molecule has 0 saturated carbocycles. The molecule has 0 radical (unpaired) electrons. The van der Waals surface area contributed by atoms with E-state index in [2.05, 4.69) is 10.3 Å². The van der Waals surface area contributed by atoms with E-state index in [-0.39, 0.29) is 12.2 Å². The third-order valence-electron chi connectivity index (χ3n) is 2.54. The van der Waals surface area contributed by atoms with Crippen molar-refractivity contribution in [3.63, 3.8) is 0 Å². The van der Waals surface area contributed by atoms with Crippen LogP contribution < -0.4 is 11.2 Å².